The molecule has 3 rings (SSSR count). The van der Waals surface area contributed by atoms with Crippen molar-refractivity contribution < 1.29 is 14.2 Å². The lowest BCUT2D eigenvalue weighted by Crippen LogP contribution is -2.21. The maximum atomic E-state index is 11.0. The minimum atomic E-state index is -0.440. The summed E-state index contributed by atoms with van der Waals surface area (Å²) in [4.78, 5) is 25.6. The van der Waals surface area contributed by atoms with Gasteiger partial charge in [0, 0.05) is 30.0 Å². The highest BCUT2D eigenvalue weighted by Gasteiger charge is 2.32. The Balaban J connectivity index is 1.91. The van der Waals surface area contributed by atoms with E-state index in [2.05, 4.69) is 10.1 Å². The molecule has 1 aliphatic rings. The number of aromatic nitrogens is 2. The Morgan fingerprint density at radius 2 is 2.15 bits per heavy atom. The predicted octanol–water partition coefficient (Wildman–Crippen LogP) is 2.40. The lowest BCUT2D eigenvalue weighted by molar-refractivity contribution is -0.385. The lowest BCUT2D eigenvalue weighted by Gasteiger charge is -2.19. The van der Waals surface area contributed by atoms with Crippen molar-refractivity contribution in [3.8, 4) is 11.4 Å². The first-order chi connectivity index (χ1) is 9.54. The van der Waals surface area contributed by atoms with Crippen molar-refractivity contribution in [3.63, 3.8) is 0 Å². The molecule has 0 aliphatic heterocycles. The van der Waals surface area contributed by atoms with Gasteiger partial charge < -0.3 is 4.52 Å². The minimum absolute atomic E-state index is 0.0100. The fourth-order valence-corrected chi connectivity index (χ4v) is 2.13. The van der Waals surface area contributed by atoms with Crippen molar-refractivity contribution in [1.82, 2.24) is 10.1 Å². The first-order valence-corrected chi connectivity index (χ1v) is 6.15. The molecular formula is C13H11N3O4. The summed E-state index contributed by atoms with van der Waals surface area (Å²) in [6.45, 7) is 1.67. The first-order valence-electron chi connectivity index (χ1n) is 6.15. The number of carbonyl (C=O) groups excluding carboxylic acids is 1. The van der Waals surface area contributed by atoms with E-state index in [4.69, 9.17) is 4.52 Å². The van der Waals surface area contributed by atoms with Gasteiger partial charge in [-0.1, -0.05) is 17.3 Å². The van der Waals surface area contributed by atoms with Crippen molar-refractivity contribution in [3.05, 3.63) is 39.8 Å². The standard InChI is InChI=1S/C13H11N3O4/c1-7-2-3-8(6-11(7)16(18)19)12-14-13(20-15-12)9-4-10(17)5-9/h2-3,6,9H,4-5H2,1H3. The first kappa shape index (κ1) is 12.5. The molecule has 20 heavy (non-hydrogen) atoms. The van der Waals surface area contributed by atoms with Crippen LogP contribution in [0.15, 0.2) is 22.7 Å². The van der Waals surface area contributed by atoms with Gasteiger partial charge in [-0.3, -0.25) is 14.9 Å². The zero-order valence-electron chi connectivity index (χ0n) is 10.7. The average Bonchev–Trinajstić information content (AvgIpc) is 2.84. The van der Waals surface area contributed by atoms with E-state index in [1.807, 2.05) is 0 Å². The van der Waals surface area contributed by atoms with Gasteiger partial charge in [-0.15, -0.1) is 0 Å². The molecule has 1 saturated carbocycles. The summed E-state index contributed by atoms with van der Waals surface area (Å²) in [5.74, 6) is 0.898. The number of nitro groups is 1. The number of Topliss-reactive ketones (excluding diaryl/α,β-unsaturated/α-hetero) is 1. The van der Waals surface area contributed by atoms with Crippen LogP contribution in [0.3, 0.4) is 0 Å². The summed E-state index contributed by atoms with van der Waals surface area (Å²) in [6, 6.07) is 4.79. The van der Waals surface area contributed by atoms with Crippen LogP contribution in [0.25, 0.3) is 11.4 Å². The Morgan fingerprint density at radius 1 is 1.40 bits per heavy atom. The van der Waals surface area contributed by atoms with Crippen LogP contribution in [-0.4, -0.2) is 20.8 Å². The summed E-state index contributed by atoms with van der Waals surface area (Å²) >= 11 is 0. The third-order valence-electron chi connectivity index (χ3n) is 3.40. The van der Waals surface area contributed by atoms with Gasteiger partial charge in [0.25, 0.3) is 5.69 Å². The highest BCUT2D eigenvalue weighted by molar-refractivity contribution is 5.86. The van der Waals surface area contributed by atoms with Crippen LogP contribution < -0.4 is 0 Å². The molecule has 7 nitrogen and oxygen atoms in total. The Kier molecular flexibility index (Phi) is 2.81. The van der Waals surface area contributed by atoms with Crippen LogP contribution in [0.2, 0.25) is 0 Å². The number of benzene rings is 1. The second kappa shape index (κ2) is 4.52. The maximum Gasteiger partial charge on any atom is 0.273 e. The molecule has 1 fully saturated rings. The van der Waals surface area contributed by atoms with Gasteiger partial charge in [-0.05, 0) is 6.92 Å². The number of hydrogen-bond donors (Lipinski definition) is 0. The molecule has 0 radical (unpaired) electrons. The number of ketones is 1. The Labute approximate surface area is 113 Å². The van der Waals surface area contributed by atoms with E-state index in [0.29, 0.717) is 35.7 Å². The van der Waals surface area contributed by atoms with Crippen molar-refractivity contribution in [2.45, 2.75) is 25.7 Å². The van der Waals surface area contributed by atoms with E-state index >= 15 is 0 Å². The van der Waals surface area contributed by atoms with Gasteiger partial charge in [-0.25, -0.2) is 0 Å². The Bertz CT molecular complexity index is 699. The molecule has 1 aliphatic carbocycles. The van der Waals surface area contributed by atoms with Crippen LogP contribution in [0, 0.1) is 17.0 Å². The second-order valence-corrected chi connectivity index (χ2v) is 4.86. The monoisotopic (exact) mass is 273 g/mol. The van der Waals surface area contributed by atoms with Crippen LogP contribution >= 0.6 is 0 Å². The SMILES string of the molecule is Cc1ccc(-c2noc(C3CC(=O)C3)n2)cc1[N+](=O)[O-]. The van der Waals surface area contributed by atoms with E-state index in [0.717, 1.165) is 0 Å². The van der Waals surface area contributed by atoms with Crippen molar-refractivity contribution in [2.75, 3.05) is 0 Å². The summed E-state index contributed by atoms with van der Waals surface area (Å²) in [5, 5.41) is 14.7. The molecule has 0 saturated heterocycles. The molecule has 2 aromatic rings. The van der Waals surface area contributed by atoms with E-state index in [1.54, 1.807) is 19.1 Å². The van der Waals surface area contributed by atoms with Gasteiger partial charge in [-0.2, -0.15) is 4.98 Å². The average molecular weight is 273 g/mol. The molecule has 1 heterocycles. The summed E-state index contributed by atoms with van der Waals surface area (Å²) in [6.07, 6.45) is 0.853. The maximum absolute atomic E-state index is 11.0. The largest absolute Gasteiger partial charge is 0.339 e. The molecule has 0 N–H and O–H groups in total. The number of aryl methyl sites for hydroxylation is 1. The number of carbonyl (C=O) groups is 1. The van der Waals surface area contributed by atoms with Crippen LogP contribution in [0.1, 0.15) is 30.2 Å². The zero-order chi connectivity index (χ0) is 14.3. The third kappa shape index (κ3) is 2.07. The normalized spacial score (nSPS) is 15.2. The molecule has 0 amide bonds. The topological polar surface area (TPSA) is 99.1 Å². The highest BCUT2D eigenvalue weighted by atomic mass is 16.6. The predicted molar refractivity (Wildman–Crippen MR) is 68.1 cm³/mol. The zero-order valence-corrected chi connectivity index (χ0v) is 10.7. The van der Waals surface area contributed by atoms with Gasteiger partial charge in [0.1, 0.15) is 5.78 Å². The van der Waals surface area contributed by atoms with Crippen molar-refractivity contribution in [1.29, 1.82) is 0 Å². The Hall–Kier alpha value is -2.57. The van der Waals surface area contributed by atoms with Crippen molar-refractivity contribution >= 4 is 11.5 Å². The van der Waals surface area contributed by atoms with Gasteiger partial charge >= 0.3 is 0 Å². The molecule has 7 heteroatoms. The molecule has 1 aromatic carbocycles. The van der Waals surface area contributed by atoms with Gasteiger partial charge in [0.15, 0.2) is 0 Å². The summed E-state index contributed by atoms with van der Waals surface area (Å²) < 4.78 is 5.12. The van der Waals surface area contributed by atoms with Gasteiger partial charge in [0.2, 0.25) is 11.7 Å². The van der Waals surface area contributed by atoms with Crippen LogP contribution in [-0.2, 0) is 4.79 Å². The number of hydrogen-bond acceptors (Lipinski definition) is 6. The molecule has 0 unspecified atom stereocenters. The highest BCUT2D eigenvalue weighted by Crippen LogP contribution is 2.34. The van der Waals surface area contributed by atoms with E-state index in [-0.39, 0.29) is 17.4 Å². The fraction of sp³-hybridized carbons (Fsp3) is 0.308. The van der Waals surface area contributed by atoms with Crippen LogP contribution in [0.4, 0.5) is 5.69 Å². The molecule has 0 spiro atoms. The molecular weight excluding hydrogens is 262 g/mol. The minimum Gasteiger partial charge on any atom is -0.339 e. The Morgan fingerprint density at radius 3 is 2.80 bits per heavy atom. The van der Waals surface area contributed by atoms with Crippen molar-refractivity contribution in [2.24, 2.45) is 0 Å². The summed E-state index contributed by atoms with van der Waals surface area (Å²) in [5.41, 5.74) is 1.13. The smallest absolute Gasteiger partial charge is 0.273 e. The fourth-order valence-electron chi connectivity index (χ4n) is 2.13. The quantitative estimate of drug-likeness (QED) is 0.628. The van der Waals surface area contributed by atoms with E-state index in [1.165, 1.54) is 6.07 Å². The molecule has 0 bridgehead atoms. The van der Waals surface area contributed by atoms with Crippen LogP contribution in [0.5, 0.6) is 0 Å². The lowest BCUT2D eigenvalue weighted by atomic mass is 9.84. The summed E-state index contributed by atoms with van der Waals surface area (Å²) in [7, 11) is 0. The van der Waals surface area contributed by atoms with E-state index in [9.17, 15) is 14.9 Å². The number of nitrogens with zero attached hydrogens (tertiary/aromatic N) is 3. The molecule has 0 atom stereocenters. The number of rotatable bonds is 3. The van der Waals surface area contributed by atoms with E-state index < -0.39 is 4.92 Å². The second-order valence-electron chi connectivity index (χ2n) is 4.86. The molecule has 1 aromatic heterocycles. The van der Waals surface area contributed by atoms with Gasteiger partial charge in [0.05, 0.1) is 10.8 Å². The number of nitro benzene ring substituents is 1. The molecule has 102 valence electrons. The third-order valence-corrected chi connectivity index (χ3v) is 3.40.